The molecule has 3 aromatic rings. The number of rotatable bonds is 8. The number of hydrogen-bond donors (Lipinski definition) is 2. The molecule has 1 unspecified atom stereocenters. The molecule has 36 heavy (non-hydrogen) atoms. The van der Waals surface area contributed by atoms with Crippen molar-refractivity contribution in [3.05, 3.63) is 65.1 Å². The van der Waals surface area contributed by atoms with Crippen molar-refractivity contribution in [2.24, 2.45) is 0 Å². The Morgan fingerprint density at radius 1 is 1.17 bits per heavy atom. The monoisotopic (exact) mass is 522 g/mol. The number of amides is 1. The summed E-state index contributed by atoms with van der Waals surface area (Å²) in [6, 6.07) is 11.7. The van der Waals surface area contributed by atoms with Gasteiger partial charge >= 0.3 is 0 Å². The molecule has 2 N–H and O–H groups in total. The molecule has 1 aliphatic rings. The summed E-state index contributed by atoms with van der Waals surface area (Å²) in [4.78, 5) is 25.7. The van der Waals surface area contributed by atoms with Crippen LogP contribution in [0.1, 0.15) is 48.7 Å². The number of aryl methyl sites for hydroxylation is 3. The number of sulfonamides is 1. The minimum absolute atomic E-state index is 0.0114. The highest BCUT2D eigenvalue weighted by Crippen LogP contribution is 2.31. The Bertz CT molecular complexity index is 1420. The number of anilines is 2. The first-order valence-electron chi connectivity index (χ1n) is 11.6. The number of nitriles is 1. The van der Waals surface area contributed by atoms with Crippen LogP contribution in [-0.4, -0.2) is 34.5 Å². The lowest BCUT2D eigenvalue weighted by Crippen LogP contribution is -2.25. The molecule has 2 heterocycles. The number of benzene rings is 1. The van der Waals surface area contributed by atoms with E-state index in [0.29, 0.717) is 28.4 Å². The summed E-state index contributed by atoms with van der Waals surface area (Å²) in [6.45, 7) is 3.64. The average Bonchev–Trinajstić information content (AvgIpc) is 2.86. The predicted molar refractivity (Wildman–Crippen MR) is 138 cm³/mol. The summed E-state index contributed by atoms with van der Waals surface area (Å²) in [6.07, 6.45) is 6.00. The molecule has 0 bridgehead atoms. The normalized spacial score (nSPS) is 13.8. The zero-order chi connectivity index (χ0) is 25.7. The lowest BCUT2D eigenvalue weighted by Gasteiger charge is -2.19. The van der Waals surface area contributed by atoms with Crippen molar-refractivity contribution < 1.29 is 13.2 Å². The summed E-state index contributed by atoms with van der Waals surface area (Å²) < 4.78 is 27.7. The number of aromatic nitrogens is 3. The van der Waals surface area contributed by atoms with Gasteiger partial charge in [-0.3, -0.25) is 4.79 Å². The second-order valence-electron chi connectivity index (χ2n) is 8.42. The van der Waals surface area contributed by atoms with Crippen molar-refractivity contribution in [3.63, 3.8) is 0 Å². The molecule has 0 fully saturated rings. The van der Waals surface area contributed by atoms with Gasteiger partial charge in [-0.2, -0.15) is 5.26 Å². The van der Waals surface area contributed by atoms with E-state index in [1.165, 1.54) is 42.2 Å². The van der Waals surface area contributed by atoms with E-state index in [9.17, 15) is 18.5 Å². The van der Waals surface area contributed by atoms with Crippen molar-refractivity contribution in [2.75, 3.05) is 10.0 Å². The van der Waals surface area contributed by atoms with E-state index >= 15 is 0 Å². The Morgan fingerprint density at radius 3 is 2.61 bits per heavy atom. The standard InChI is InChI=1S/C25H26N6O3S2/c1-3-22(35-24-18(15-26)14-17-6-4-5-7-21(17)30-24)23(32)29-19-8-10-20(11-9-19)36(33,34)31-25-27-13-12-16(2)28-25/h8-14,22H,3-7H2,1-2H3,(H,29,32)(H,27,28,31). The van der Waals surface area contributed by atoms with E-state index in [2.05, 4.69) is 26.1 Å². The minimum Gasteiger partial charge on any atom is -0.325 e. The van der Waals surface area contributed by atoms with E-state index < -0.39 is 15.3 Å². The van der Waals surface area contributed by atoms with Crippen LogP contribution < -0.4 is 10.0 Å². The summed E-state index contributed by atoms with van der Waals surface area (Å²) in [7, 11) is -3.88. The SMILES string of the molecule is CCC(Sc1nc2c(cc1C#N)CCCC2)C(=O)Nc1ccc(S(=O)(=O)Nc2nccc(C)n2)cc1. The highest BCUT2D eigenvalue weighted by Gasteiger charge is 2.23. The lowest BCUT2D eigenvalue weighted by molar-refractivity contribution is -0.115. The van der Waals surface area contributed by atoms with Crippen LogP contribution in [0.4, 0.5) is 11.6 Å². The number of pyridine rings is 1. The maximum absolute atomic E-state index is 13.0. The first-order chi connectivity index (χ1) is 17.3. The molecular weight excluding hydrogens is 496 g/mol. The number of carbonyl (C=O) groups is 1. The van der Waals surface area contributed by atoms with Gasteiger partial charge in [-0.25, -0.2) is 28.1 Å². The summed E-state index contributed by atoms with van der Waals surface area (Å²) >= 11 is 1.28. The molecule has 0 aliphatic heterocycles. The second kappa shape index (κ2) is 11.1. The van der Waals surface area contributed by atoms with Crippen LogP contribution in [-0.2, 0) is 27.7 Å². The van der Waals surface area contributed by atoms with Crippen molar-refractivity contribution >= 4 is 39.3 Å². The van der Waals surface area contributed by atoms with Crippen molar-refractivity contribution in [1.82, 2.24) is 15.0 Å². The maximum Gasteiger partial charge on any atom is 0.264 e. The van der Waals surface area contributed by atoms with Crippen LogP contribution in [0.25, 0.3) is 0 Å². The molecule has 0 radical (unpaired) electrons. The molecule has 186 valence electrons. The molecule has 0 saturated heterocycles. The van der Waals surface area contributed by atoms with Crippen LogP contribution in [0.2, 0.25) is 0 Å². The summed E-state index contributed by atoms with van der Waals surface area (Å²) in [5.74, 6) is -0.254. The van der Waals surface area contributed by atoms with Gasteiger partial charge in [0.05, 0.1) is 15.7 Å². The number of thioether (sulfide) groups is 1. The van der Waals surface area contributed by atoms with Crippen LogP contribution in [0.5, 0.6) is 0 Å². The van der Waals surface area contributed by atoms with Crippen LogP contribution in [0.3, 0.4) is 0 Å². The fourth-order valence-corrected chi connectivity index (χ4v) is 5.81. The first-order valence-corrected chi connectivity index (χ1v) is 14.0. The number of hydrogen-bond acceptors (Lipinski definition) is 8. The number of carbonyl (C=O) groups excluding carboxylic acids is 1. The van der Waals surface area contributed by atoms with E-state index in [4.69, 9.17) is 4.98 Å². The summed E-state index contributed by atoms with van der Waals surface area (Å²) in [5.41, 5.74) is 3.73. The molecule has 0 spiro atoms. The number of fused-ring (bicyclic) bond motifs is 1. The summed E-state index contributed by atoms with van der Waals surface area (Å²) in [5, 5.41) is 12.6. The van der Waals surface area contributed by atoms with Gasteiger partial charge in [0.15, 0.2) is 0 Å². The topological polar surface area (TPSA) is 138 Å². The smallest absolute Gasteiger partial charge is 0.264 e. The molecule has 4 rings (SSSR count). The van der Waals surface area contributed by atoms with Gasteiger partial charge in [0.1, 0.15) is 11.1 Å². The molecule has 1 atom stereocenters. The van der Waals surface area contributed by atoms with Gasteiger partial charge in [0.25, 0.3) is 10.0 Å². The van der Waals surface area contributed by atoms with Gasteiger partial charge in [0.2, 0.25) is 11.9 Å². The van der Waals surface area contributed by atoms with E-state index in [0.717, 1.165) is 36.9 Å². The van der Waals surface area contributed by atoms with Crippen LogP contribution in [0.15, 0.2) is 52.5 Å². The van der Waals surface area contributed by atoms with Crippen molar-refractivity contribution in [3.8, 4) is 6.07 Å². The highest BCUT2D eigenvalue weighted by molar-refractivity contribution is 8.00. The van der Waals surface area contributed by atoms with Crippen molar-refractivity contribution in [2.45, 2.75) is 61.1 Å². The molecule has 1 amide bonds. The Balaban J connectivity index is 1.45. The minimum atomic E-state index is -3.88. The quantitative estimate of drug-likeness (QED) is 0.419. The van der Waals surface area contributed by atoms with Gasteiger partial charge in [0, 0.05) is 23.3 Å². The third kappa shape index (κ3) is 6.01. The number of nitrogens with one attached hydrogen (secondary N) is 2. The Kier molecular flexibility index (Phi) is 7.86. The zero-order valence-electron chi connectivity index (χ0n) is 20.0. The van der Waals surface area contributed by atoms with E-state index in [1.54, 1.807) is 13.0 Å². The molecule has 9 nitrogen and oxygen atoms in total. The van der Waals surface area contributed by atoms with Crippen LogP contribution >= 0.6 is 11.8 Å². The molecule has 1 aliphatic carbocycles. The van der Waals surface area contributed by atoms with Crippen molar-refractivity contribution in [1.29, 1.82) is 5.26 Å². The maximum atomic E-state index is 13.0. The predicted octanol–water partition coefficient (Wildman–Crippen LogP) is 4.24. The first kappa shape index (κ1) is 25.6. The fraction of sp³-hybridized carbons (Fsp3) is 0.320. The average molecular weight is 523 g/mol. The number of nitrogens with zero attached hydrogens (tertiary/aromatic N) is 4. The fourth-order valence-electron chi connectivity index (χ4n) is 3.86. The molecule has 2 aromatic heterocycles. The Morgan fingerprint density at radius 2 is 1.92 bits per heavy atom. The van der Waals surface area contributed by atoms with Gasteiger partial charge in [-0.1, -0.05) is 18.7 Å². The zero-order valence-corrected chi connectivity index (χ0v) is 21.6. The Hall–Kier alpha value is -3.49. The third-order valence-electron chi connectivity index (χ3n) is 5.76. The van der Waals surface area contributed by atoms with E-state index in [-0.39, 0.29) is 16.8 Å². The van der Waals surface area contributed by atoms with Gasteiger partial charge < -0.3 is 5.32 Å². The molecule has 0 saturated carbocycles. The molecular formula is C25H26N6O3S2. The van der Waals surface area contributed by atoms with Gasteiger partial charge in [-0.05, 0) is 81.0 Å². The largest absolute Gasteiger partial charge is 0.325 e. The lowest BCUT2D eigenvalue weighted by atomic mass is 9.95. The third-order valence-corrected chi connectivity index (χ3v) is 8.47. The second-order valence-corrected chi connectivity index (χ2v) is 11.3. The Labute approximate surface area is 214 Å². The van der Waals surface area contributed by atoms with Gasteiger partial charge in [-0.15, -0.1) is 0 Å². The highest BCUT2D eigenvalue weighted by atomic mass is 32.2. The molecule has 11 heteroatoms. The molecule has 1 aromatic carbocycles. The van der Waals surface area contributed by atoms with Crippen LogP contribution in [0, 0.1) is 18.3 Å². The van der Waals surface area contributed by atoms with E-state index in [1.807, 2.05) is 13.0 Å².